The first-order valence-corrected chi connectivity index (χ1v) is 8.01. The van der Waals surface area contributed by atoms with Gasteiger partial charge in [-0.3, -0.25) is 14.6 Å². The van der Waals surface area contributed by atoms with Gasteiger partial charge in [-0.25, -0.2) is 0 Å². The Morgan fingerprint density at radius 2 is 1.81 bits per heavy atom. The van der Waals surface area contributed by atoms with E-state index >= 15 is 0 Å². The summed E-state index contributed by atoms with van der Waals surface area (Å²) in [5.41, 5.74) is 2.39. The molecule has 0 saturated carbocycles. The van der Waals surface area contributed by atoms with Gasteiger partial charge in [0, 0.05) is 30.2 Å². The number of nitrogens with zero attached hydrogens (tertiary/aromatic N) is 3. The third kappa shape index (κ3) is 4.47. The van der Waals surface area contributed by atoms with Crippen molar-refractivity contribution in [2.45, 2.75) is 13.5 Å². The van der Waals surface area contributed by atoms with Gasteiger partial charge < -0.3 is 10.6 Å². The fraction of sp³-hybridized carbons (Fsp3) is 0.105. The molecule has 3 rings (SSSR count). The van der Waals surface area contributed by atoms with Gasteiger partial charge in [0.05, 0.1) is 0 Å². The van der Waals surface area contributed by atoms with E-state index in [2.05, 4.69) is 25.8 Å². The van der Waals surface area contributed by atoms with Crippen LogP contribution in [0.15, 0.2) is 60.9 Å². The number of anilines is 2. The van der Waals surface area contributed by atoms with Gasteiger partial charge in [0.15, 0.2) is 11.5 Å². The van der Waals surface area contributed by atoms with Crippen LogP contribution in [0.5, 0.6) is 0 Å². The SMILES string of the molecule is CC(=O)c1ccc(NC(=O)c2ccc(NCc3cccnc3)nn2)cc1. The van der Waals surface area contributed by atoms with E-state index in [0.717, 1.165) is 5.56 Å². The number of amides is 1. The highest BCUT2D eigenvalue weighted by Gasteiger charge is 2.09. The standard InChI is InChI=1S/C19H17N5O2/c1-13(25)15-4-6-16(7-5-15)22-19(26)17-8-9-18(24-23-17)21-12-14-3-2-10-20-11-14/h2-11H,12H2,1H3,(H,21,24)(H,22,26). The van der Waals surface area contributed by atoms with Crippen LogP contribution in [0.3, 0.4) is 0 Å². The summed E-state index contributed by atoms with van der Waals surface area (Å²) < 4.78 is 0. The average Bonchev–Trinajstić information content (AvgIpc) is 2.68. The number of benzene rings is 1. The van der Waals surface area contributed by atoms with Crippen molar-refractivity contribution in [1.29, 1.82) is 0 Å². The molecule has 0 saturated heterocycles. The van der Waals surface area contributed by atoms with Gasteiger partial charge in [-0.05, 0) is 55.0 Å². The second-order valence-electron chi connectivity index (χ2n) is 5.61. The number of carbonyl (C=O) groups is 2. The molecule has 7 nitrogen and oxygen atoms in total. The molecule has 1 amide bonds. The summed E-state index contributed by atoms with van der Waals surface area (Å²) in [5, 5.41) is 13.8. The lowest BCUT2D eigenvalue weighted by Crippen LogP contribution is -2.15. The maximum atomic E-state index is 12.2. The predicted octanol–water partition coefficient (Wildman–Crippen LogP) is 2.94. The number of nitrogens with one attached hydrogen (secondary N) is 2. The minimum absolute atomic E-state index is 0.0249. The summed E-state index contributed by atoms with van der Waals surface area (Å²) in [4.78, 5) is 27.5. The van der Waals surface area contributed by atoms with Gasteiger partial charge in [0.1, 0.15) is 5.82 Å². The molecule has 0 unspecified atom stereocenters. The molecule has 130 valence electrons. The Labute approximate surface area is 150 Å². The predicted molar refractivity (Wildman–Crippen MR) is 98.0 cm³/mol. The Bertz CT molecular complexity index is 893. The minimum atomic E-state index is -0.369. The third-order valence-electron chi connectivity index (χ3n) is 3.64. The first-order valence-electron chi connectivity index (χ1n) is 8.01. The van der Waals surface area contributed by atoms with E-state index in [9.17, 15) is 9.59 Å². The topological polar surface area (TPSA) is 96.9 Å². The smallest absolute Gasteiger partial charge is 0.276 e. The minimum Gasteiger partial charge on any atom is -0.364 e. The molecule has 2 N–H and O–H groups in total. The molecule has 0 aliphatic heterocycles. The van der Waals surface area contributed by atoms with Crippen LogP contribution in [0.4, 0.5) is 11.5 Å². The molecule has 2 heterocycles. The molecule has 0 radical (unpaired) electrons. The Morgan fingerprint density at radius 3 is 2.42 bits per heavy atom. The summed E-state index contributed by atoms with van der Waals surface area (Å²) in [6, 6.07) is 13.8. The zero-order valence-corrected chi connectivity index (χ0v) is 14.1. The molecular formula is C19H17N5O2. The van der Waals surface area contributed by atoms with E-state index in [-0.39, 0.29) is 17.4 Å². The van der Waals surface area contributed by atoms with Crippen LogP contribution < -0.4 is 10.6 Å². The lowest BCUT2D eigenvalue weighted by Gasteiger charge is -2.07. The van der Waals surface area contributed by atoms with Crippen molar-refractivity contribution >= 4 is 23.2 Å². The van der Waals surface area contributed by atoms with E-state index in [1.807, 2.05) is 12.1 Å². The lowest BCUT2D eigenvalue weighted by atomic mass is 10.1. The molecule has 0 atom stereocenters. The van der Waals surface area contributed by atoms with Crippen molar-refractivity contribution < 1.29 is 9.59 Å². The fourth-order valence-corrected chi connectivity index (χ4v) is 2.23. The average molecular weight is 347 g/mol. The number of ketones is 1. The quantitative estimate of drug-likeness (QED) is 0.666. The van der Waals surface area contributed by atoms with Crippen LogP contribution in [-0.2, 0) is 6.54 Å². The van der Waals surface area contributed by atoms with Crippen molar-refractivity contribution in [3.8, 4) is 0 Å². The van der Waals surface area contributed by atoms with Gasteiger partial charge >= 0.3 is 0 Å². The lowest BCUT2D eigenvalue weighted by molar-refractivity contribution is 0.101. The largest absolute Gasteiger partial charge is 0.364 e. The summed E-state index contributed by atoms with van der Waals surface area (Å²) >= 11 is 0. The Hall–Kier alpha value is -3.61. The molecule has 7 heteroatoms. The second kappa shape index (κ2) is 7.98. The zero-order valence-electron chi connectivity index (χ0n) is 14.1. The van der Waals surface area contributed by atoms with Crippen LogP contribution >= 0.6 is 0 Å². The van der Waals surface area contributed by atoms with Crippen LogP contribution in [0, 0.1) is 0 Å². The number of hydrogen-bond acceptors (Lipinski definition) is 6. The monoisotopic (exact) mass is 347 g/mol. The zero-order chi connectivity index (χ0) is 18.4. The van der Waals surface area contributed by atoms with Crippen molar-refractivity contribution in [1.82, 2.24) is 15.2 Å². The highest BCUT2D eigenvalue weighted by molar-refractivity contribution is 6.03. The van der Waals surface area contributed by atoms with Crippen molar-refractivity contribution in [2.24, 2.45) is 0 Å². The summed E-state index contributed by atoms with van der Waals surface area (Å²) in [5.74, 6) is 0.172. The van der Waals surface area contributed by atoms with E-state index in [1.54, 1.807) is 48.8 Å². The molecule has 0 spiro atoms. The maximum absolute atomic E-state index is 12.2. The molecule has 2 aromatic heterocycles. The highest BCUT2D eigenvalue weighted by atomic mass is 16.2. The number of hydrogen-bond donors (Lipinski definition) is 2. The number of Topliss-reactive ketones (excluding diaryl/α,β-unsaturated/α-hetero) is 1. The van der Waals surface area contributed by atoms with Crippen LogP contribution in [0.25, 0.3) is 0 Å². The van der Waals surface area contributed by atoms with Crippen molar-refractivity contribution in [3.63, 3.8) is 0 Å². The molecule has 0 fully saturated rings. The normalized spacial score (nSPS) is 10.2. The van der Waals surface area contributed by atoms with E-state index in [4.69, 9.17) is 0 Å². The first kappa shape index (κ1) is 17.2. The van der Waals surface area contributed by atoms with Gasteiger partial charge in [-0.2, -0.15) is 0 Å². The van der Waals surface area contributed by atoms with Gasteiger partial charge in [-0.15, -0.1) is 10.2 Å². The Kier molecular flexibility index (Phi) is 5.28. The number of rotatable bonds is 6. The maximum Gasteiger partial charge on any atom is 0.276 e. The molecule has 1 aromatic carbocycles. The number of carbonyl (C=O) groups excluding carboxylic acids is 2. The summed E-state index contributed by atoms with van der Waals surface area (Å²) in [6.07, 6.45) is 3.48. The van der Waals surface area contributed by atoms with E-state index < -0.39 is 0 Å². The van der Waals surface area contributed by atoms with Gasteiger partial charge in [0.25, 0.3) is 5.91 Å². The van der Waals surface area contributed by atoms with E-state index in [1.165, 1.54) is 6.92 Å². The van der Waals surface area contributed by atoms with Gasteiger partial charge in [0.2, 0.25) is 0 Å². The van der Waals surface area contributed by atoms with Crippen molar-refractivity contribution in [2.75, 3.05) is 10.6 Å². The van der Waals surface area contributed by atoms with Crippen LogP contribution in [0.2, 0.25) is 0 Å². The van der Waals surface area contributed by atoms with Crippen LogP contribution in [-0.4, -0.2) is 26.9 Å². The summed E-state index contributed by atoms with van der Waals surface area (Å²) in [6.45, 7) is 2.06. The molecule has 0 aliphatic rings. The van der Waals surface area contributed by atoms with Crippen LogP contribution in [0.1, 0.15) is 33.3 Å². The summed E-state index contributed by atoms with van der Waals surface area (Å²) in [7, 11) is 0. The molecule has 0 aliphatic carbocycles. The number of aromatic nitrogens is 3. The Morgan fingerprint density at radius 1 is 1.00 bits per heavy atom. The highest BCUT2D eigenvalue weighted by Crippen LogP contribution is 2.12. The van der Waals surface area contributed by atoms with E-state index in [0.29, 0.717) is 23.6 Å². The molecular weight excluding hydrogens is 330 g/mol. The third-order valence-corrected chi connectivity index (χ3v) is 3.64. The second-order valence-corrected chi connectivity index (χ2v) is 5.61. The molecule has 0 bridgehead atoms. The first-order chi connectivity index (χ1) is 12.6. The molecule has 3 aromatic rings. The molecule has 26 heavy (non-hydrogen) atoms. The number of pyridine rings is 1. The fourth-order valence-electron chi connectivity index (χ4n) is 2.23. The Balaban J connectivity index is 1.58. The van der Waals surface area contributed by atoms with Crippen molar-refractivity contribution in [3.05, 3.63) is 77.7 Å². The van der Waals surface area contributed by atoms with Gasteiger partial charge in [-0.1, -0.05) is 6.07 Å².